The maximum absolute atomic E-state index is 10.2. The van der Waals surface area contributed by atoms with E-state index in [2.05, 4.69) is 10.1 Å². The molecule has 0 aliphatic rings. The van der Waals surface area contributed by atoms with Crippen LogP contribution in [0.25, 0.3) is 5.69 Å². The maximum atomic E-state index is 10.2. The number of hydrogen-bond donors (Lipinski definition) is 1. The van der Waals surface area contributed by atoms with E-state index in [1.807, 2.05) is 54.7 Å². The number of pyridine rings is 1. The van der Waals surface area contributed by atoms with Crippen molar-refractivity contribution < 1.29 is 5.11 Å². The molecule has 1 aromatic carbocycles. The summed E-state index contributed by atoms with van der Waals surface area (Å²) in [6.07, 6.45) is 5.23. The highest BCUT2D eigenvalue weighted by Gasteiger charge is 2.12. The number of rotatable bonds is 4. The second-order valence-corrected chi connectivity index (χ2v) is 4.60. The predicted molar refractivity (Wildman–Crippen MR) is 76.5 cm³/mol. The molecule has 0 amide bonds. The number of aliphatic hydroxyl groups excluding tert-OH is 1. The van der Waals surface area contributed by atoms with E-state index in [4.69, 9.17) is 0 Å². The van der Waals surface area contributed by atoms with Crippen LogP contribution in [0.2, 0.25) is 0 Å². The summed E-state index contributed by atoms with van der Waals surface area (Å²) in [6.45, 7) is 0. The second-order valence-electron chi connectivity index (χ2n) is 4.60. The van der Waals surface area contributed by atoms with Gasteiger partial charge >= 0.3 is 0 Å². The summed E-state index contributed by atoms with van der Waals surface area (Å²) in [5.41, 5.74) is 2.64. The van der Waals surface area contributed by atoms with Crippen LogP contribution in [0.1, 0.15) is 17.4 Å². The van der Waals surface area contributed by atoms with Crippen molar-refractivity contribution in [1.29, 1.82) is 0 Å². The number of aromatic nitrogens is 3. The van der Waals surface area contributed by atoms with Gasteiger partial charge in [0.25, 0.3) is 0 Å². The highest BCUT2D eigenvalue weighted by molar-refractivity contribution is 5.30. The van der Waals surface area contributed by atoms with Gasteiger partial charge in [-0.15, -0.1) is 0 Å². The standard InChI is InChI=1S/C16H15N3O/c20-16(11-13-5-4-9-17-12-13)15-8-10-19(18-15)14-6-2-1-3-7-14/h1-10,12,16,20H,11H2. The molecule has 2 aromatic heterocycles. The van der Waals surface area contributed by atoms with Gasteiger partial charge in [-0.05, 0) is 29.8 Å². The van der Waals surface area contributed by atoms with Crippen molar-refractivity contribution in [2.45, 2.75) is 12.5 Å². The smallest absolute Gasteiger partial charge is 0.102 e. The lowest BCUT2D eigenvalue weighted by molar-refractivity contribution is 0.173. The molecule has 0 bridgehead atoms. The molecule has 4 heteroatoms. The fourth-order valence-electron chi connectivity index (χ4n) is 2.09. The Morgan fingerprint density at radius 1 is 1.05 bits per heavy atom. The van der Waals surface area contributed by atoms with E-state index < -0.39 is 6.10 Å². The molecule has 0 aliphatic heterocycles. The largest absolute Gasteiger partial charge is 0.386 e. The third kappa shape index (κ3) is 2.75. The highest BCUT2D eigenvalue weighted by atomic mass is 16.3. The Bertz CT molecular complexity index is 664. The van der Waals surface area contributed by atoms with Crippen molar-refractivity contribution in [2.75, 3.05) is 0 Å². The lowest BCUT2D eigenvalue weighted by Crippen LogP contribution is -2.04. The fraction of sp³-hybridized carbons (Fsp3) is 0.125. The average Bonchev–Trinajstić information content (AvgIpc) is 2.99. The van der Waals surface area contributed by atoms with E-state index in [1.54, 1.807) is 17.1 Å². The Hall–Kier alpha value is -2.46. The van der Waals surface area contributed by atoms with Crippen LogP contribution in [0.3, 0.4) is 0 Å². The van der Waals surface area contributed by atoms with Gasteiger partial charge in [0.15, 0.2) is 0 Å². The minimum atomic E-state index is -0.621. The van der Waals surface area contributed by atoms with Gasteiger partial charge in [-0.3, -0.25) is 4.98 Å². The number of benzene rings is 1. The van der Waals surface area contributed by atoms with Gasteiger partial charge in [-0.25, -0.2) is 4.68 Å². The molecular formula is C16H15N3O. The van der Waals surface area contributed by atoms with Crippen LogP contribution < -0.4 is 0 Å². The molecule has 3 aromatic rings. The molecule has 0 spiro atoms. The van der Waals surface area contributed by atoms with Gasteiger partial charge in [0.05, 0.1) is 11.4 Å². The summed E-state index contributed by atoms with van der Waals surface area (Å²) in [5.74, 6) is 0. The number of aliphatic hydroxyl groups is 1. The second kappa shape index (κ2) is 5.67. The summed E-state index contributed by atoms with van der Waals surface area (Å²) in [7, 11) is 0. The summed E-state index contributed by atoms with van der Waals surface area (Å²) >= 11 is 0. The quantitative estimate of drug-likeness (QED) is 0.788. The van der Waals surface area contributed by atoms with Crippen molar-refractivity contribution in [3.63, 3.8) is 0 Å². The monoisotopic (exact) mass is 265 g/mol. The first-order chi connectivity index (χ1) is 9.83. The third-order valence-corrected chi connectivity index (χ3v) is 3.12. The SMILES string of the molecule is OC(Cc1cccnc1)c1ccn(-c2ccccc2)n1. The molecule has 1 N–H and O–H groups in total. The van der Waals surface area contributed by atoms with Gasteiger partial charge in [-0.2, -0.15) is 5.10 Å². The van der Waals surface area contributed by atoms with Gasteiger partial charge < -0.3 is 5.11 Å². The molecule has 20 heavy (non-hydrogen) atoms. The average molecular weight is 265 g/mol. The third-order valence-electron chi connectivity index (χ3n) is 3.12. The molecule has 2 heterocycles. The Balaban J connectivity index is 1.77. The topological polar surface area (TPSA) is 50.9 Å². The molecular weight excluding hydrogens is 250 g/mol. The number of para-hydroxylation sites is 1. The van der Waals surface area contributed by atoms with Crippen LogP contribution in [0, 0.1) is 0 Å². The summed E-state index contributed by atoms with van der Waals surface area (Å²) in [5, 5.41) is 14.7. The number of nitrogens with zero attached hydrogens (tertiary/aromatic N) is 3. The Labute approximate surface area is 117 Å². The van der Waals surface area contributed by atoms with E-state index in [0.29, 0.717) is 12.1 Å². The van der Waals surface area contributed by atoms with Gasteiger partial charge in [0.2, 0.25) is 0 Å². The minimum Gasteiger partial charge on any atom is -0.386 e. The Kier molecular flexibility index (Phi) is 3.56. The maximum Gasteiger partial charge on any atom is 0.102 e. The lowest BCUT2D eigenvalue weighted by atomic mass is 10.1. The summed E-state index contributed by atoms with van der Waals surface area (Å²) in [6, 6.07) is 15.5. The van der Waals surface area contributed by atoms with E-state index in [1.165, 1.54) is 0 Å². The molecule has 3 rings (SSSR count). The van der Waals surface area contributed by atoms with Crippen molar-refractivity contribution in [2.24, 2.45) is 0 Å². The molecule has 0 saturated heterocycles. The fourth-order valence-corrected chi connectivity index (χ4v) is 2.09. The molecule has 1 unspecified atom stereocenters. The van der Waals surface area contributed by atoms with Gasteiger partial charge in [0, 0.05) is 25.0 Å². The zero-order valence-electron chi connectivity index (χ0n) is 10.9. The summed E-state index contributed by atoms with van der Waals surface area (Å²) < 4.78 is 1.77. The van der Waals surface area contributed by atoms with Crippen LogP contribution >= 0.6 is 0 Å². The number of hydrogen-bond acceptors (Lipinski definition) is 3. The van der Waals surface area contributed by atoms with Crippen LogP contribution in [-0.4, -0.2) is 19.9 Å². The lowest BCUT2D eigenvalue weighted by Gasteiger charge is -2.07. The highest BCUT2D eigenvalue weighted by Crippen LogP contribution is 2.17. The molecule has 0 fully saturated rings. The summed E-state index contributed by atoms with van der Waals surface area (Å²) in [4.78, 5) is 4.05. The normalized spacial score (nSPS) is 12.2. The first-order valence-electron chi connectivity index (χ1n) is 6.51. The zero-order chi connectivity index (χ0) is 13.8. The Morgan fingerprint density at radius 2 is 1.90 bits per heavy atom. The van der Waals surface area contributed by atoms with E-state index in [9.17, 15) is 5.11 Å². The van der Waals surface area contributed by atoms with Gasteiger partial charge in [-0.1, -0.05) is 24.3 Å². The predicted octanol–water partition coefficient (Wildman–Crippen LogP) is 2.54. The molecule has 1 atom stereocenters. The minimum absolute atomic E-state index is 0.514. The molecule has 0 aliphatic carbocycles. The van der Waals surface area contributed by atoms with Crippen LogP contribution in [-0.2, 0) is 6.42 Å². The molecule has 0 saturated carbocycles. The van der Waals surface area contributed by atoms with Crippen LogP contribution in [0.4, 0.5) is 0 Å². The van der Waals surface area contributed by atoms with E-state index in [-0.39, 0.29) is 0 Å². The van der Waals surface area contributed by atoms with Crippen LogP contribution in [0.5, 0.6) is 0 Å². The van der Waals surface area contributed by atoms with Crippen molar-refractivity contribution in [3.8, 4) is 5.69 Å². The van der Waals surface area contributed by atoms with Crippen molar-refractivity contribution in [1.82, 2.24) is 14.8 Å². The first kappa shape index (κ1) is 12.6. The Morgan fingerprint density at radius 3 is 2.65 bits per heavy atom. The van der Waals surface area contributed by atoms with Crippen molar-refractivity contribution >= 4 is 0 Å². The first-order valence-corrected chi connectivity index (χ1v) is 6.51. The zero-order valence-corrected chi connectivity index (χ0v) is 10.9. The van der Waals surface area contributed by atoms with Crippen molar-refractivity contribution in [3.05, 3.63) is 78.4 Å². The van der Waals surface area contributed by atoms with E-state index >= 15 is 0 Å². The van der Waals surface area contributed by atoms with Crippen LogP contribution in [0.15, 0.2) is 67.1 Å². The molecule has 100 valence electrons. The molecule has 0 radical (unpaired) electrons. The molecule has 4 nitrogen and oxygen atoms in total. The van der Waals surface area contributed by atoms with E-state index in [0.717, 1.165) is 11.3 Å². The van der Waals surface area contributed by atoms with Gasteiger partial charge in [0.1, 0.15) is 6.10 Å².